The summed E-state index contributed by atoms with van der Waals surface area (Å²) in [5, 5.41) is 7.01. The molecule has 0 aliphatic heterocycles. The van der Waals surface area contributed by atoms with Crippen molar-refractivity contribution >= 4 is 0 Å². The average molecular weight is 209 g/mol. The Morgan fingerprint density at radius 1 is 1.20 bits per heavy atom. The third-order valence-corrected chi connectivity index (χ3v) is 3.18. The molecule has 2 aliphatic carbocycles. The van der Waals surface area contributed by atoms with Crippen molar-refractivity contribution in [3.8, 4) is 0 Å². The molecule has 0 aromatic rings. The van der Waals surface area contributed by atoms with Crippen LogP contribution in [-0.4, -0.2) is 31.7 Å². The summed E-state index contributed by atoms with van der Waals surface area (Å²) in [6.07, 6.45) is 9.46. The van der Waals surface area contributed by atoms with Crippen LogP contribution >= 0.6 is 0 Å². The zero-order valence-corrected chi connectivity index (χ0v) is 9.41. The highest BCUT2D eigenvalue weighted by atomic mass is 14.9. The zero-order chi connectivity index (χ0) is 10.5. The Kier molecular flexibility index (Phi) is 4.18. The summed E-state index contributed by atoms with van der Waals surface area (Å²) >= 11 is 0. The topological polar surface area (TPSA) is 50.1 Å². The quantitative estimate of drug-likeness (QED) is 0.425. The second-order valence-electron chi connectivity index (χ2n) is 4.85. The van der Waals surface area contributed by atoms with Crippen molar-refractivity contribution in [2.45, 2.75) is 37.8 Å². The fourth-order valence-electron chi connectivity index (χ4n) is 2.01. The van der Waals surface area contributed by atoms with Crippen LogP contribution in [0.4, 0.5) is 0 Å². The molecule has 1 saturated carbocycles. The Morgan fingerprint density at radius 2 is 2.07 bits per heavy atom. The highest BCUT2D eigenvalue weighted by molar-refractivity contribution is 5.08. The molecular weight excluding hydrogens is 186 g/mol. The summed E-state index contributed by atoms with van der Waals surface area (Å²) in [5.41, 5.74) is 5.78. The highest BCUT2D eigenvalue weighted by Crippen LogP contribution is 2.27. The number of hydrogen-bond acceptors (Lipinski definition) is 3. The van der Waals surface area contributed by atoms with E-state index in [9.17, 15) is 0 Å². The molecule has 2 rings (SSSR count). The zero-order valence-electron chi connectivity index (χ0n) is 9.41. The number of nitrogens with one attached hydrogen (secondary N) is 2. The van der Waals surface area contributed by atoms with Gasteiger partial charge in [0.1, 0.15) is 0 Å². The van der Waals surface area contributed by atoms with Gasteiger partial charge >= 0.3 is 0 Å². The van der Waals surface area contributed by atoms with Crippen LogP contribution in [0.25, 0.3) is 0 Å². The molecule has 0 amide bonds. The van der Waals surface area contributed by atoms with Crippen molar-refractivity contribution < 1.29 is 0 Å². The first-order chi connectivity index (χ1) is 7.34. The van der Waals surface area contributed by atoms with Gasteiger partial charge in [-0.05, 0) is 51.2 Å². The molecular formula is C12H23N3. The fraction of sp³-hybridized carbons (Fsp3) is 0.833. The van der Waals surface area contributed by atoms with Gasteiger partial charge in [-0.15, -0.1) is 0 Å². The van der Waals surface area contributed by atoms with E-state index in [0.717, 1.165) is 25.4 Å². The van der Waals surface area contributed by atoms with Crippen molar-refractivity contribution in [1.29, 1.82) is 0 Å². The Balaban J connectivity index is 1.39. The van der Waals surface area contributed by atoms with Gasteiger partial charge in [0.25, 0.3) is 0 Å². The maximum atomic E-state index is 5.78. The molecule has 0 aromatic heterocycles. The van der Waals surface area contributed by atoms with Gasteiger partial charge in [0.2, 0.25) is 0 Å². The third-order valence-electron chi connectivity index (χ3n) is 3.18. The van der Waals surface area contributed by atoms with E-state index in [-0.39, 0.29) is 6.04 Å². The van der Waals surface area contributed by atoms with Gasteiger partial charge in [-0.2, -0.15) is 0 Å². The van der Waals surface area contributed by atoms with Crippen LogP contribution in [0.3, 0.4) is 0 Å². The molecule has 0 aromatic carbocycles. The molecule has 3 heteroatoms. The lowest BCUT2D eigenvalue weighted by molar-refractivity contribution is 0.527. The van der Waals surface area contributed by atoms with E-state index in [4.69, 9.17) is 5.73 Å². The molecule has 1 fully saturated rings. The lowest BCUT2D eigenvalue weighted by Crippen LogP contribution is -2.31. The van der Waals surface area contributed by atoms with Crippen LogP contribution in [0.1, 0.15) is 25.7 Å². The number of nitrogens with two attached hydrogens (primary N) is 1. The summed E-state index contributed by atoms with van der Waals surface area (Å²) in [7, 11) is 0. The molecule has 2 aliphatic rings. The van der Waals surface area contributed by atoms with Crippen LogP contribution in [0.2, 0.25) is 0 Å². The van der Waals surface area contributed by atoms with E-state index >= 15 is 0 Å². The van der Waals surface area contributed by atoms with Crippen LogP contribution in [0.5, 0.6) is 0 Å². The van der Waals surface area contributed by atoms with Crippen molar-refractivity contribution in [3.63, 3.8) is 0 Å². The first-order valence-corrected chi connectivity index (χ1v) is 6.22. The van der Waals surface area contributed by atoms with Gasteiger partial charge < -0.3 is 16.4 Å². The van der Waals surface area contributed by atoms with Gasteiger partial charge in [-0.1, -0.05) is 12.2 Å². The third kappa shape index (κ3) is 4.33. The fourth-order valence-corrected chi connectivity index (χ4v) is 2.01. The van der Waals surface area contributed by atoms with Crippen LogP contribution in [0.15, 0.2) is 12.2 Å². The first-order valence-electron chi connectivity index (χ1n) is 6.22. The van der Waals surface area contributed by atoms with Crippen LogP contribution in [0, 0.1) is 5.92 Å². The predicted molar refractivity (Wildman–Crippen MR) is 63.7 cm³/mol. The molecule has 2 atom stereocenters. The normalized spacial score (nSPS) is 29.9. The van der Waals surface area contributed by atoms with E-state index in [0.29, 0.717) is 6.04 Å². The number of hydrogen-bond donors (Lipinski definition) is 3. The summed E-state index contributed by atoms with van der Waals surface area (Å²) < 4.78 is 0. The molecule has 15 heavy (non-hydrogen) atoms. The highest BCUT2D eigenvalue weighted by Gasteiger charge is 2.19. The molecule has 0 spiro atoms. The minimum atomic E-state index is 0.274. The van der Waals surface area contributed by atoms with E-state index in [1.807, 2.05) is 0 Å². The van der Waals surface area contributed by atoms with Crippen LogP contribution < -0.4 is 16.4 Å². The van der Waals surface area contributed by atoms with Gasteiger partial charge in [0.15, 0.2) is 0 Å². The standard InChI is InChI=1S/C12H23N3/c13-11-4-5-12(8-11)15-7-1-6-14-9-10-2-3-10/h4-5,10-12,14-15H,1-3,6-9,13H2/t11-,12+/m1/s1. The minimum absolute atomic E-state index is 0.274. The maximum Gasteiger partial charge on any atom is 0.0268 e. The van der Waals surface area contributed by atoms with Crippen molar-refractivity contribution in [2.24, 2.45) is 11.7 Å². The average Bonchev–Trinajstić information content (AvgIpc) is 2.95. The largest absolute Gasteiger partial charge is 0.324 e. The Bertz CT molecular complexity index is 211. The van der Waals surface area contributed by atoms with Gasteiger partial charge in [0, 0.05) is 12.1 Å². The molecule has 86 valence electrons. The van der Waals surface area contributed by atoms with Crippen LogP contribution in [-0.2, 0) is 0 Å². The van der Waals surface area contributed by atoms with Crippen molar-refractivity contribution in [3.05, 3.63) is 12.2 Å². The Morgan fingerprint density at radius 3 is 2.73 bits per heavy atom. The second-order valence-corrected chi connectivity index (χ2v) is 4.85. The molecule has 3 nitrogen and oxygen atoms in total. The summed E-state index contributed by atoms with van der Waals surface area (Å²) in [5.74, 6) is 0.994. The van der Waals surface area contributed by atoms with E-state index in [1.54, 1.807) is 0 Å². The lowest BCUT2D eigenvalue weighted by atomic mass is 10.2. The molecule has 0 unspecified atom stereocenters. The van der Waals surface area contributed by atoms with Crippen molar-refractivity contribution in [2.75, 3.05) is 19.6 Å². The van der Waals surface area contributed by atoms with E-state index in [1.165, 1.54) is 25.8 Å². The SMILES string of the molecule is N[C@@H]1C=C[C@H](NCCCNCC2CC2)C1. The van der Waals surface area contributed by atoms with Crippen molar-refractivity contribution in [1.82, 2.24) is 10.6 Å². The van der Waals surface area contributed by atoms with Gasteiger partial charge in [0.05, 0.1) is 0 Å². The summed E-state index contributed by atoms with van der Waals surface area (Å²) in [4.78, 5) is 0. The monoisotopic (exact) mass is 209 g/mol. The summed E-state index contributed by atoms with van der Waals surface area (Å²) in [6, 6.07) is 0.791. The first kappa shape index (κ1) is 11.1. The molecule has 0 bridgehead atoms. The molecule has 4 N–H and O–H groups in total. The molecule has 0 saturated heterocycles. The lowest BCUT2D eigenvalue weighted by Gasteiger charge is -2.11. The molecule has 0 heterocycles. The maximum absolute atomic E-state index is 5.78. The predicted octanol–water partition coefficient (Wildman–Crippen LogP) is 0.621. The Hall–Kier alpha value is -0.380. The van der Waals surface area contributed by atoms with Gasteiger partial charge in [-0.25, -0.2) is 0 Å². The number of rotatable bonds is 7. The minimum Gasteiger partial charge on any atom is -0.324 e. The van der Waals surface area contributed by atoms with Gasteiger partial charge in [-0.3, -0.25) is 0 Å². The smallest absolute Gasteiger partial charge is 0.0268 e. The van der Waals surface area contributed by atoms with E-state index < -0.39 is 0 Å². The Labute approximate surface area is 92.5 Å². The molecule has 0 radical (unpaired) electrons. The summed E-state index contributed by atoms with van der Waals surface area (Å²) in [6.45, 7) is 3.47. The van der Waals surface area contributed by atoms with E-state index in [2.05, 4.69) is 22.8 Å². The second kappa shape index (κ2) is 5.64.